The second-order valence-corrected chi connectivity index (χ2v) is 8.66. The average molecular weight is 475 g/mol. The van der Waals surface area contributed by atoms with Crippen molar-refractivity contribution in [2.45, 2.75) is 36.0 Å². The van der Waals surface area contributed by atoms with E-state index < -0.39 is 29.9 Å². The molecular formula is C23H26N2O7S. The summed E-state index contributed by atoms with van der Waals surface area (Å²) in [6.45, 7) is 1.70. The molecule has 9 nitrogen and oxygen atoms in total. The van der Waals surface area contributed by atoms with Crippen molar-refractivity contribution in [3.8, 4) is 0 Å². The van der Waals surface area contributed by atoms with Gasteiger partial charge in [0.1, 0.15) is 0 Å². The van der Waals surface area contributed by atoms with Gasteiger partial charge >= 0.3 is 11.9 Å². The highest BCUT2D eigenvalue weighted by atomic mass is 32.2. The van der Waals surface area contributed by atoms with Crippen LogP contribution in [0.25, 0.3) is 0 Å². The first-order chi connectivity index (χ1) is 15.8. The molecule has 0 aliphatic carbocycles. The average Bonchev–Trinajstić information content (AvgIpc) is 2.96. The quantitative estimate of drug-likeness (QED) is 0.436. The van der Waals surface area contributed by atoms with E-state index in [1.54, 1.807) is 11.8 Å². The molecule has 0 saturated carbocycles. The van der Waals surface area contributed by atoms with Gasteiger partial charge in [0.15, 0.2) is 23.1 Å². The van der Waals surface area contributed by atoms with E-state index in [0.29, 0.717) is 0 Å². The maximum atomic E-state index is 11.8. The monoisotopic (exact) mass is 474 g/mol. The predicted molar refractivity (Wildman–Crippen MR) is 123 cm³/mol. The Kier molecular flexibility index (Phi) is 8.09. The molecule has 0 amide bonds. The molecule has 10 heteroatoms. The van der Waals surface area contributed by atoms with Gasteiger partial charge in [-0.05, 0) is 18.4 Å². The van der Waals surface area contributed by atoms with E-state index in [-0.39, 0.29) is 5.25 Å². The summed E-state index contributed by atoms with van der Waals surface area (Å²) in [5.74, 6) is -3.54. The van der Waals surface area contributed by atoms with E-state index in [9.17, 15) is 14.7 Å². The highest BCUT2D eigenvalue weighted by Crippen LogP contribution is 2.54. The lowest BCUT2D eigenvalue weighted by atomic mass is 9.92. The number of amidine groups is 1. The summed E-state index contributed by atoms with van der Waals surface area (Å²) >= 11 is 1.69. The molecule has 4 rings (SSSR count). The third-order valence-corrected chi connectivity index (χ3v) is 6.77. The SMILES string of the molecule is O=C(O)C(O)C(O)C(=O)O.OC1(c2ccccc2)C(c2ccccc2)SC2=NCCCCN21. The van der Waals surface area contributed by atoms with Gasteiger partial charge in [-0.15, -0.1) is 0 Å². The summed E-state index contributed by atoms with van der Waals surface area (Å²) in [4.78, 5) is 26.4. The number of benzene rings is 2. The number of aliphatic imine (C=N–C) groups is 1. The van der Waals surface area contributed by atoms with Crippen molar-refractivity contribution in [1.82, 2.24) is 4.90 Å². The van der Waals surface area contributed by atoms with Crippen LogP contribution in [0, 0.1) is 0 Å². The molecule has 2 aromatic carbocycles. The lowest BCUT2D eigenvalue weighted by Gasteiger charge is -2.37. The zero-order valence-electron chi connectivity index (χ0n) is 17.7. The number of aliphatic hydroxyl groups is 3. The third-order valence-electron chi connectivity index (χ3n) is 5.37. The van der Waals surface area contributed by atoms with Gasteiger partial charge in [-0.25, -0.2) is 9.59 Å². The van der Waals surface area contributed by atoms with E-state index in [0.717, 1.165) is 42.2 Å². The molecule has 4 unspecified atom stereocenters. The Hall–Kier alpha value is -2.92. The van der Waals surface area contributed by atoms with Crippen molar-refractivity contribution in [2.24, 2.45) is 4.99 Å². The molecule has 176 valence electrons. The number of hydrogen-bond donors (Lipinski definition) is 5. The molecule has 2 aliphatic heterocycles. The summed E-state index contributed by atoms with van der Waals surface area (Å²) in [6, 6.07) is 20.3. The third kappa shape index (κ3) is 5.36. The Morgan fingerprint density at radius 3 is 2.03 bits per heavy atom. The van der Waals surface area contributed by atoms with Crippen LogP contribution in [0.2, 0.25) is 0 Å². The highest BCUT2D eigenvalue weighted by molar-refractivity contribution is 8.14. The fourth-order valence-corrected chi connectivity index (χ4v) is 5.13. The zero-order chi connectivity index (χ0) is 24.0. The van der Waals surface area contributed by atoms with Gasteiger partial charge in [-0.3, -0.25) is 4.99 Å². The van der Waals surface area contributed by atoms with E-state index in [4.69, 9.17) is 25.4 Å². The van der Waals surface area contributed by atoms with Crippen molar-refractivity contribution >= 4 is 28.9 Å². The predicted octanol–water partition coefficient (Wildman–Crippen LogP) is 1.65. The Labute approximate surface area is 195 Å². The largest absolute Gasteiger partial charge is 0.479 e. The van der Waals surface area contributed by atoms with Crippen LogP contribution >= 0.6 is 11.8 Å². The molecule has 2 heterocycles. The molecule has 0 spiro atoms. The van der Waals surface area contributed by atoms with Gasteiger partial charge in [0.25, 0.3) is 0 Å². The lowest BCUT2D eigenvalue weighted by Crippen LogP contribution is -2.46. The summed E-state index contributed by atoms with van der Waals surface area (Å²) in [5.41, 5.74) is 1.03. The first kappa shape index (κ1) is 24.7. The minimum atomic E-state index is -2.27. The lowest BCUT2D eigenvalue weighted by molar-refractivity contribution is -0.165. The fraction of sp³-hybridized carbons (Fsp3) is 0.348. The van der Waals surface area contributed by atoms with Crippen LogP contribution in [0.15, 0.2) is 65.7 Å². The number of fused-ring (bicyclic) bond motifs is 1. The summed E-state index contributed by atoms with van der Waals surface area (Å²) in [6.07, 6.45) is -2.39. The molecule has 1 fully saturated rings. The summed E-state index contributed by atoms with van der Waals surface area (Å²) in [5, 5.41) is 45.3. The van der Waals surface area contributed by atoms with Crippen LogP contribution in [0.1, 0.15) is 29.2 Å². The minimum absolute atomic E-state index is 0.0667. The van der Waals surface area contributed by atoms with Gasteiger partial charge < -0.3 is 30.4 Å². The molecule has 2 aliphatic rings. The Balaban J connectivity index is 0.000000262. The number of carboxylic acid groups (broad SMARTS) is 2. The number of nitrogens with zero attached hydrogens (tertiary/aromatic N) is 2. The normalized spacial score (nSPS) is 23.8. The van der Waals surface area contributed by atoms with Crippen molar-refractivity contribution in [2.75, 3.05) is 13.1 Å². The summed E-state index contributed by atoms with van der Waals surface area (Å²) < 4.78 is 0. The van der Waals surface area contributed by atoms with Crippen LogP contribution < -0.4 is 0 Å². The van der Waals surface area contributed by atoms with E-state index >= 15 is 0 Å². The summed E-state index contributed by atoms with van der Waals surface area (Å²) in [7, 11) is 0. The van der Waals surface area contributed by atoms with Gasteiger partial charge in [-0.1, -0.05) is 72.4 Å². The van der Waals surface area contributed by atoms with Crippen LogP contribution in [-0.2, 0) is 15.3 Å². The topological polar surface area (TPSA) is 151 Å². The Morgan fingerprint density at radius 1 is 0.939 bits per heavy atom. The number of thioether (sulfide) groups is 1. The van der Waals surface area contributed by atoms with Crippen molar-refractivity contribution < 1.29 is 35.1 Å². The molecule has 0 aromatic heterocycles. The van der Waals surface area contributed by atoms with E-state index in [1.807, 2.05) is 48.5 Å². The van der Waals surface area contributed by atoms with Crippen LogP contribution in [0.3, 0.4) is 0 Å². The molecular weight excluding hydrogens is 448 g/mol. The molecule has 4 atom stereocenters. The Bertz CT molecular complexity index is 971. The Morgan fingerprint density at radius 2 is 1.48 bits per heavy atom. The van der Waals surface area contributed by atoms with Crippen LogP contribution in [0.4, 0.5) is 0 Å². The number of rotatable bonds is 5. The maximum absolute atomic E-state index is 11.8. The van der Waals surface area contributed by atoms with Crippen molar-refractivity contribution in [3.63, 3.8) is 0 Å². The highest BCUT2D eigenvalue weighted by Gasteiger charge is 2.53. The number of carbonyl (C=O) groups is 2. The van der Waals surface area contributed by atoms with E-state index in [1.165, 1.54) is 0 Å². The van der Waals surface area contributed by atoms with Gasteiger partial charge in [0.2, 0.25) is 0 Å². The second kappa shape index (κ2) is 10.8. The number of hydrogen-bond acceptors (Lipinski definition) is 8. The van der Waals surface area contributed by atoms with Crippen LogP contribution in [-0.4, -0.2) is 72.8 Å². The van der Waals surface area contributed by atoms with Crippen molar-refractivity contribution in [3.05, 3.63) is 71.8 Å². The van der Waals surface area contributed by atoms with Gasteiger partial charge in [0, 0.05) is 18.7 Å². The van der Waals surface area contributed by atoms with E-state index in [2.05, 4.69) is 17.0 Å². The maximum Gasteiger partial charge on any atom is 0.335 e. The van der Waals surface area contributed by atoms with Gasteiger partial charge in [0.05, 0.1) is 5.25 Å². The molecule has 1 saturated heterocycles. The second-order valence-electron chi connectivity index (χ2n) is 7.59. The zero-order valence-corrected chi connectivity index (χ0v) is 18.5. The number of carboxylic acids is 2. The molecule has 33 heavy (non-hydrogen) atoms. The fourth-order valence-electron chi connectivity index (χ4n) is 3.67. The first-order valence-corrected chi connectivity index (χ1v) is 11.3. The molecule has 0 bridgehead atoms. The van der Waals surface area contributed by atoms with Gasteiger partial charge in [-0.2, -0.15) is 0 Å². The van der Waals surface area contributed by atoms with Crippen molar-refractivity contribution in [1.29, 1.82) is 0 Å². The molecule has 2 aromatic rings. The number of aliphatic hydroxyl groups excluding tert-OH is 2. The first-order valence-electron chi connectivity index (χ1n) is 10.4. The van der Waals surface area contributed by atoms with Crippen LogP contribution in [0.5, 0.6) is 0 Å². The number of aliphatic carboxylic acids is 2. The molecule has 0 radical (unpaired) electrons. The molecule has 5 N–H and O–H groups in total. The minimum Gasteiger partial charge on any atom is -0.479 e. The smallest absolute Gasteiger partial charge is 0.335 e. The standard InChI is InChI=1S/C19H20N2OS.C4H6O6/c22-19(16-11-5-2-6-12-16)17(15-9-3-1-4-10-15)23-18-20-13-7-8-14-21(18)19;5-1(3(7)8)2(6)4(9)10/h1-6,9-12,17,22H,7-8,13-14H2;1-2,5-6H,(H,7,8)(H,9,10).